The van der Waals surface area contributed by atoms with E-state index in [2.05, 4.69) is 6.92 Å². The number of carboxylic acids is 1. The first kappa shape index (κ1) is 27.4. The Morgan fingerprint density at radius 2 is 1.69 bits per heavy atom. The number of aliphatic carboxylic acids is 1. The maximum atomic E-state index is 12.3. The van der Waals surface area contributed by atoms with Crippen LogP contribution in [-0.2, 0) is 19.1 Å². The molecule has 0 aromatic carbocycles. The number of esters is 1. The molecule has 4 aliphatic carbocycles. The van der Waals surface area contributed by atoms with Gasteiger partial charge in [0.2, 0.25) is 0 Å². The average molecular weight is 501 g/mol. The van der Waals surface area contributed by atoms with Crippen molar-refractivity contribution < 1.29 is 24.2 Å². The van der Waals surface area contributed by atoms with Gasteiger partial charge in [-0.3, -0.25) is 14.4 Å². The maximum Gasteiger partial charge on any atom is 0.303 e. The summed E-state index contributed by atoms with van der Waals surface area (Å²) in [4.78, 5) is 34.7. The number of allylic oxidation sites excluding steroid dienone is 1. The lowest BCUT2D eigenvalue weighted by atomic mass is 9.49. The molecule has 202 valence electrons. The zero-order valence-corrected chi connectivity index (χ0v) is 22.6. The number of carbonyl (C=O) groups is 3. The minimum Gasteiger partial charge on any atom is -0.481 e. The van der Waals surface area contributed by atoms with Gasteiger partial charge in [0.1, 0.15) is 6.10 Å². The third-order valence-corrected chi connectivity index (χ3v) is 10.4. The molecule has 36 heavy (non-hydrogen) atoms. The normalized spacial score (nSPS) is 35.4. The van der Waals surface area contributed by atoms with Gasteiger partial charge in [0.05, 0.1) is 0 Å². The summed E-state index contributed by atoms with van der Waals surface area (Å²) in [5.74, 6) is 2.80. The molecule has 5 heteroatoms. The number of ether oxygens (including phenoxy) is 1. The summed E-state index contributed by atoms with van der Waals surface area (Å²) in [6.07, 6.45) is 20.3. The highest BCUT2D eigenvalue weighted by Crippen LogP contribution is 2.64. The fourth-order valence-electron chi connectivity index (χ4n) is 8.76. The SMILES string of the molecule is CC(=O)O[C@H]1CCC2C3C(CC[C@@]21C)C1CCC(=O)C=C1C[C@H]3CCCCCCCCCCC(=O)O. The Balaban J connectivity index is 1.34. The molecule has 3 saturated carbocycles. The smallest absolute Gasteiger partial charge is 0.303 e. The monoisotopic (exact) mass is 500 g/mol. The van der Waals surface area contributed by atoms with Gasteiger partial charge in [-0.2, -0.15) is 0 Å². The molecular weight excluding hydrogens is 452 g/mol. The van der Waals surface area contributed by atoms with Crippen molar-refractivity contribution in [1.82, 2.24) is 0 Å². The summed E-state index contributed by atoms with van der Waals surface area (Å²) in [6.45, 7) is 3.95. The zero-order chi connectivity index (χ0) is 25.7. The molecule has 3 fully saturated rings. The van der Waals surface area contributed by atoms with Gasteiger partial charge in [0.25, 0.3) is 0 Å². The number of carboxylic acid groups (broad SMARTS) is 1. The average Bonchev–Trinajstić information content (AvgIpc) is 3.15. The van der Waals surface area contributed by atoms with Gasteiger partial charge < -0.3 is 9.84 Å². The highest BCUT2D eigenvalue weighted by Gasteiger charge is 2.59. The molecule has 0 aromatic heterocycles. The van der Waals surface area contributed by atoms with Crippen molar-refractivity contribution in [3.05, 3.63) is 11.6 Å². The van der Waals surface area contributed by atoms with Crippen LogP contribution in [0, 0.1) is 35.0 Å². The van der Waals surface area contributed by atoms with E-state index in [0.717, 1.165) is 51.4 Å². The van der Waals surface area contributed by atoms with Crippen molar-refractivity contribution in [3.8, 4) is 0 Å². The molecule has 7 atom stereocenters. The molecule has 4 rings (SSSR count). The zero-order valence-electron chi connectivity index (χ0n) is 22.6. The van der Waals surface area contributed by atoms with Crippen LogP contribution in [0.3, 0.4) is 0 Å². The van der Waals surface area contributed by atoms with Crippen LogP contribution >= 0.6 is 0 Å². The van der Waals surface area contributed by atoms with Gasteiger partial charge in [-0.1, -0.05) is 57.4 Å². The Hall–Kier alpha value is -1.65. The molecule has 1 N–H and O–H groups in total. The third-order valence-electron chi connectivity index (χ3n) is 10.4. The lowest BCUT2D eigenvalue weighted by Crippen LogP contribution is -2.51. The van der Waals surface area contributed by atoms with Crippen LogP contribution in [0.2, 0.25) is 0 Å². The Labute approximate surface area is 217 Å². The van der Waals surface area contributed by atoms with Crippen molar-refractivity contribution in [2.75, 3.05) is 0 Å². The number of rotatable bonds is 12. The van der Waals surface area contributed by atoms with Crippen LogP contribution in [0.15, 0.2) is 11.6 Å². The van der Waals surface area contributed by atoms with E-state index in [4.69, 9.17) is 9.84 Å². The summed E-state index contributed by atoms with van der Waals surface area (Å²) >= 11 is 0. The van der Waals surface area contributed by atoms with Crippen molar-refractivity contribution in [2.24, 2.45) is 35.0 Å². The molecule has 4 aliphatic rings. The first-order valence-electron chi connectivity index (χ1n) is 14.9. The van der Waals surface area contributed by atoms with E-state index >= 15 is 0 Å². The van der Waals surface area contributed by atoms with Crippen molar-refractivity contribution in [3.63, 3.8) is 0 Å². The number of fused-ring (bicyclic) bond motifs is 5. The summed E-state index contributed by atoms with van der Waals surface area (Å²) in [5, 5.41) is 8.74. The van der Waals surface area contributed by atoms with E-state index in [1.807, 2.05) is 6.08 Å². The van der Waals surface area contributed by atoms with E-state index in [1.54, 1.807) is 6.92 Å². The van der Waals surface area contributed by atoms with Crippen molar-refractivity contribution in [1.29, 1.82) is 0 Å². The lowest BCUT2D eigenvalue weighted by molar-refractivity contribution is -0.157. The Morgan fingerprint density at radius 3 is 2.39 bits per heavy atom. The first-order chi connectivity index (χ1) is 17.3. The molecule has 0 bridgehead atoms. The van der Waals surface area contributed by atoms with Crippen molar-refractivity contribution in [2.45, 2.75) is 129 Å². The number of hydrogen-bond acceptors (Lipinski definition) is 4. The molecule has 0 radical (unpaired) electrons. The second-order valence-corrected chi connectivity index (χ2v) is 12.6. The van der Waals surface area contributed by atoms with Crippen LogP contribution in [0.25, 0.3) is 0 Å². The predicted molar refractivity (Wildman–Crippen MR) is 140 cm³/mol. The maximum absolute atomic E-state index is 12.3. The van der Waals surface area contributed by atoms with Gasteiger partial charge in [-0.05, 0) is 87.0 Å². The predicted octanol–water partition coefficient (Wildman–Crippen LogP) is 7.27. The third kappa shape index (κ3) is 6.25. The standard InChI is InChI=1S/C31H48O5/c1-21(32)36-28-16-15-27-30-22(11-9-7-5-3-4-6-8-10-12-29(34)35)19-23-20-24(33)13-14-25(23)26(30)17-18-31(27,28)2/h20,22,25-28,30H,3-19H2,1-2H3,(H,34,35)/t22-,25?,26?,27?,28+,30?,31+/m1/s1. The number of unbranched alkanes of at least 4 members (excludes halogenated alkanes) is 7. The molecule has 0 aliphatic heterocycles. The molecule has 0 aromatic rings. The van der Waals surface area contributed by atoms with E-state index in [1.165, 1.54) is 56.9 Å². The van der Waals surface area contributed by atoms with Gasteiger partial charge in [-0.15, -0.1) is 0 Å². The molecule has 0 amide bonds. The Kier molecular flexibility index (Phi) is 9.33. The molecule has 4 unspecified atom stereocenters. The van der Waals surface area contributed by atoms with Gasteiger partial charge in [-0.25, -0.2) is 0 Å². The highest BCUT2D eigenvalue weighted by atomic mass is 16.5. The second-order valence-electron chi connectivity index (χ2n) is 12.6. The topological polar surface area (TPSA) is 80.7 Å². The Morgan fingerprint density at radius 1 is 1.00 bits per heavy atom. The fourth-order valence-corrected chi connectivity index (χ4v) is 8.76. The van der Waals surface area contributed by atoms with Crippen molar-refractivity contribution >= 4 is 17.7 Å². The van der Waals surface area contributed by atoms with E-state index in [-0.39, 0.29) is 17.5 Å². The van der Waals surface area contributed by atoms with E-state index < -0.39 is 5.97 Å². The summed E-state index contributed by atoms with van der Waals surface area (Å²) in [5.41, 5.74) is 1.56. The summed E-state index contributed by atoms with van der Waals surface area (Å²) in [6, 6.07) is 0. The fraction of sp³-hybridized carbons (Fsp3) is 0.839. The van der Waals surface area contributed by atoms with Crippen LogP contribution < -0.4 is 0 Å². The van der Waals surface area contributed by atoms with E-state index in [0.29, 0.717) is 41.8 Å². The summed E-state index contributed by atoms with van der Waals surface area (Å²) in [7, 11) is 0. The van der Waals surface area contributed by atoms with Crippen LogP contribution in [-0.4, -0.2) is 28.9 Å². The second kappa shape index (κ2) is 12.3. The number of hydrogen-bond donors (Lipinski definition) is 1. The molecule has 5 nitrogen and oxygen atoms in total. The molecule has 0 spiro atoms. The highest BCUT2D eigenvalue weighted by molar-refractivity contribution is 5.91. The number of carbonyl (C=O) groups excluding carboxylic acids is 2. The minimum absolute atomic E-state index is 0.0713. The first-order valence-corrected chi connectivity index (χ1v) is 14.9. The minimum atomic E-state index is -0.683. The Bertz CT molecular complexity index is 831. The van der Waals surface area contributed by atoms with E-state index in [9.17, 15) is 14.4 Å². The quantitative estimate of drug-likeness (QED) is 0.225. The lowest BCUT2D eigenvalue weighted by Gasteiger charge is -2.56. The summed E-state index contributed by atoms with van der Waals surface area (Å²) < 4.78 is 5.87. The molecule has 0 saturated heterocycles. The molecular formula is C31H48O5. The van der Waals surface area contributed by atoms with Gasteiger partial charge >= 0.3 is 11.9 Å². The van der Waals surface area contributed by atoms with Crippen LogP contribution in [0.4, 0.5) is 0 Å². The molecule has 0 heterocycles. The largest absolute Gasteiger partial charge is 0.481 e. The number of ketones is 1. The van der Waals surface area contributed by atoms with Gasteiger partial charge in [0, 0.05) is 25.2 Å². The van der Waals surface area contributed by atoms with Crippen LogP contribution in [0.1, 0.15) is 123 Å². The van der Waals surface area contributed by atoms with Gasteiger partial charge in [0.15, 0.2) is 5.78 Å². The van der Waals surface area contributed by atoms with Crippen LogP contribution in [0.5, 0.6) is 0 Å².